The fraction of sp³-hybridized carbons (Fsp3) is 0.304. The van der Waals surface area contributed by atoms with E-state index in [1.807, 2.05) is 49.1 Å². The lowest BCUT2D eigenvalue weighted by Crippen LogP contribution is -2.35. The molecule has 5 heteroatoms. The van der Waals surface area contributed by atoms with Gasteiger partial charge in [-0.25, -0.2) is 4.39 Å². The Bertz CT molecular complexity index is 859. The molecule has 0 bridgehead atoms. The van der Waals surface area contributed by atoms with E-state index >= 15 is 0 Å². The zero-order valence-electron chi connectivity index (χ0n) is 16.3. The zero-order chi connectivity index (χ0) is 19.9. The van der Waals surface area contributed by atoms with Gasteiger partial charge in [-0.05, 0) is 66.9 Å². The van der Waals surface area contributed by atoms with Gasteiger partial charge in [-0.2, -0.15) is 0 Å². The van der Waals surface area contributed by atoms with Crippen LogP contribution in [0.1, 0.15) is 22.5 Å². The van der Waals surface area contributed by atoms with Crippen LogP contribution in [0.5, 0.6) is 5.75 Å². The summed E-state index contributed by atoms with van der Waals surface area (Å²) in [6.45, 7) is 5.60. The largest absolute Gasteiger partial charge is 0.491 e. The predicted molar refractivity (Wildman–Crippen MR) is 107 cm³/mol. The molecule has 0 saturated carbocycles. The highest BCUT2D eigenvalue weighted by Crippen LogP contribution is 2.17. The molecule has 3 aromatic rings. The Balaban J connectivity index is 1.62. The molecular weight excluding hydrogens is 357 g/mol. The number of hydrogen-bond acceptors (Lipinski definition) is 4. The van der Waals surface area contributed by atoms with Crippen LogP contribution < -0.4 is 4.74 Å². The molecule has 1 unspecified atom stereocenters. The molecule has 1 N–H and O–H groups in total. The molecule has 1 atom stereocenters. The van der Waals surface area contributed by atoms with Crippen molar-refractivity contribution in [2.75, 3.05) is 13.2 Å². The minimum Gasteiger partial charge on any atom is -0.491 e. The third kappa shape index (κ3) is 6.22. The van der Waals surface area contributed by atoms with Crippen LogP contribution in [0.3, 0.4) is 0 Å². The first-order valence-corrected chi connectivity index (χ1v) is 9.36. The molecule has 0 spiro atoms. The molecule has 0 aliphatic rings. The Hall–Kier alpha value is -2.63. The zero-order valence-corrected chi connectivity index (χ0v) is 16.3. The summed E-state index contributed by atoms with van der Waals surface area (Å²) >= 11 is 0. The van der Waals surface area contributed by atoms with E-state index in [4.69, 9.17) is 9.15 Å². The van der Waals surface area contributed by atoms with Gasteiger partial charge in [-0.3, -0.25) is 4.90 Å². The van der Waals surface area contributed by atoms with Crippen LogP contribution in [0.4, 0.5) is 4.39 Å². The van der Waals surface area contributed by atoms with E-state index in [2.05, 4.69) is 6.07 Å². The Morgan fingerprint density at radius 1 is 1.04 bits per heavy atom. The second-order valence-corrected chi connectivity index (χ2v) is 7.17. The minimum absolute atomic E-state index is 0.181. The Labute approximate surface area is 165 Å². The van der Waals surface area contributed by atoms with E-state index < -0.39 is 6.10 Å². The molecule has 0 saturated heterocycles. The first-order valence-electron chi connectivity index (χ1n) is 9.36. The van der Waals surface area contributed by atoms with Gasteiger partial charge in [-0.15, -0.1) is 0 Å². The number of furan rings is 1. The average molecular weight is 383 g/mol. The third-order valence-corrected chi connectivity index (χ3v) is 4.36. The van der Waals surface area contributed by atoms with E-state index in [1.165, 1.54) is 12.1 Å². The van der Waals surface area contributed by atoms with E-state index in [-0.39, 0.29) is 12.4 Å². The highest BCUT2D eigenvalue weighted by atomic mass is 19.1. The van der Waals surface area contributed by atoms with Crippen molar-refractivity contribution >= 4 is 0 Å². The number of aliphatic hydroxyl groups excluding tert-OH is 1. The van der Waals surface area contributed by atoms with E-state index in [0.717, 1.165) is 28.2 Å². The highest BCUT2D eigenvalue weighted by Gasteiger charge is 2.15. The summed E-state index contributed by atoms with van der Waals surface area (Å²) in [7, 11) is 0. The van der Waals surface area contributed by atoms with Crippen molar-refractivity contribution in [1.29, 1.82) is 0 Å². The lowest BCUT2D eigenvalue weighted by atomic mass is 10.1. The molecule has 0 radical (unpaired) electrons. The molecule has 0 amide bonds. The van der Waals surface area contributed by atoms with Crippen LogP contribution in [-0.2, 0) is 13.1 Å². The maximum Gasteiger partial charge on any atom is 0.123 e. The van der Waals surface area contributed by atoms with Crippen molar-refractivity contribution in [3.8, 4) is 5.75 Å². The second kappa shape index (κ2) is 9.53. The first kappa shape index (κ1) is 20.1. The van der Waals surface area contributed by atoms with Gasteiger partial charge >= 0.3 is 0 Å². The molecule has 0 aliphatic heterocycles. The van der Waals surface area contributed by atoms with Crippen LogP contribution in [-0.4, -0.2) is 29.3 Å². The van der Waals surface area contributed by atoms with Crippen LogP contribution in [0, 0.1) is 19.7 Å². The van der Waals surface area contributed by atoms with Crippen molar-refractivity contribution in [3.63, 3.8) is 0 Å². The predicted octanol–water partition coefficient (Wildman–Crippen LogP) is 4.48. The molecule has 28 heavy (non-hydrogen) atoms. The Kier molecular flexibility index (Phi) is 6.85. The van der Waals surface area contributed by atoms with Crippen molar-refractivity contribution in [2.45, 2.75) is 33.0 Å². The van der Waals surface area contributed by atoms with Gasteiger partial charge in [0.25, 0.3) is 0 Å². The summed E-state index contributed by atoms with van der Waals surface area (Å²) in [5, 5.41) is 10.5. The van der Waals surface area contributed by atoms with Crippen molar-refractivity contribution < 1.29 is 18.7 Å². The molecule has 2 aromatic carbocycles. The molecular formula is C23H26FNO3. The molecule has 0 fully saturated rings. The topological polar surface area (TPSA) is 45.8 Å². The van der Waals surface area contributed by atoms with Gasteiger partial charge in [0.1, 0.15) is 30.0 Å². The van der Waals surface area contributed by atoms with Crippen LogP contribution in [0.15, 0.2) is 65.3 Å². The fourth-order valence-electron chi connectivity index (χ4n) is 3.26. The number of ether oxygens (including phenoxy) is 1. The second-order valence-electron chi connectivity index (χ2n) is 7.17. The van der Waals surface area contributed by atoms with Gasteiger partial charge in [0.15, 0.2) is 0 Å². The maximum absolute atomic E-state index is 13.5. The lowest BCUT2D eigenvalue weighted by molar-refractivity contribution is 0.0604. The number of halogens is 1. The summed E-state index contributed by atoms with van der Waals surface area (Å²) in [5.74, 6) is 1.27. The summed E-state index contributed by atoms with van der Waals surface area (Å²) in [4.78, 5) is 2.02. The van der Waals surface area contributed by atoms with E-state index in [9.17, 15) is 9.50 Å². The minimum atomic E-state index is -0.690. The third-order valence-electron chi connectivity index (χ3n) is 4.36. The van der Waals surface area contributed by atoms with Gasteiger partial charge in [0.05, 0.1) is 12.8 Å². The fourth-order valence-corrected chi connectivity index (χ4v) is 3.26. The monoisotopic (exact) mass is 383 g/mol. The van der Waals surface area contributed by atoms with Gasteiger partial charge < -0.3 is 14.3 Å². The number of aryl methyl sites for hydroxylation is 2. The SMILES string of the molecule is Cc1cc(C)cc(OCC(O)CN(Cc2cccc(F)c2)Cc2ccco2)c1. The van der Waals surface area contributed by atoms with Crippen LogP contribution in [0.25, 0.3) is 0 Å². The first-order chi connectivity index (χ1) is 13.5. The average Bonchev–Trinajstić information content (AvgIpc) is 3.12. The highest BCUT2D eigenvalue weighted by molar-refractivity contribution is 5.33. The standard InChI is InChI=1S/C23H26FNO3/c1-17-9-18(2)11-23(10-17)28-16-21(26)14-25(15-22-7-4-8-27-22)13-19-5-3-6-20(24)12-19/h3-12,21,26H,13-16H2,1-2H3. The quantitative estimate of drug-likeness (QED) is 0.592. The number of nitrogens with zero attached hydrogens (tertiary/aromatic N) is 1. The van der Waals surface area contributed by atoms with Crippen molar-refractivity contribution in [1.82, 2.24) is 4.90 Å². The smallest absolute Gasteiger partial charge is 0.123 e. The summed E-state index contributed by atoms with van der Waals surface area (Å²) in [6, 6.07) is 16.2. The summed E-state index contributed by atoms with van der Waals surface area (Å²) < 4.78 is 24.7. The maximum atomic E-state index is 13.5. The number of aliphatic hydroxyl groups is 1. The molecule has 148 valence electrons. The number of benzene rings is 2. The Morgan fingerprint density at radius 2 is 1.82 bits per heavy atom. The molecule has 1 heterocycles. The van der Waals surface area contributed by atoms with Gasteiger partial charge in [-0.1, -0.05) is 18.2 Å². The van der Waals surface area contributed by atoms with E-state index in [0.29, 0.717) is 19.6 Å². The van der Waals surface area contributed by atoms with Crippen LogP contribution in [0.2, 0.25) is 0 Å². The van der Waals surface area contributed by atoms with E-state index in [1.54, 1.807) is 12.3 Å². The Morgan fingerprint density at radius 3 is 2.50 bits per heavy atom. The van der Waals surface area contributed by atoms with Crippen molar-refractivity contribution in [2.24, 2.45) is 0 Å². The van der Waals surface area contributed by atoms with Crippen molar-refractivity contribution in [3.05, 3.63) is 89.1 Å². The molecule has 4 nitrogen and oxygen atoms in total. The molecule has 3 rings (SSSR count). The van der Waals surface area contributed by atoms with Gasteiger partial charge in [0, 0.05) is 13.1 Å². The van der Waals surface area contributed by atoms with Crippen LogP contribution >= 0.6 is 0 Å². The van der Waals surface area contributed by atoms with Gasteiger partial charge in [0.2, 0.25) is 0 Å². The number of rotatable bonds is 9. The lowest BCUT2D eigenvalue weighted by Gasteiger charge is -2.24. The summed E-state index contributed by atoms with van der Waals surface area (Å²) in [6.07, 6.45) is 0.930. The molecule has 1 aromatic heterocycles. The normalized spacial score (nSPS) is 12.3. The summed E-state index contributed by atoms with van der Waals surface area (Å²) in [5.41, 5.74) is 3.08. The molecule has 0 aliphatic carbocycles. The number of hydrogen-bond donors (Lipinski definition) is 1.